The number of nitrogens with zero attached hydrogens (tertiary/aromatic N) is 3. The number of para-hydroxylation sites is 1. The molecular weight excluding hydrogens is 639 g/mol. The highest BCUT2D eigenvalue weighted by Gasteiger charge is 2.19. The maximum Gasteiger partial charge on any atom is 0.164 e. The molecule has 0 N–H and O–H groups in total. The summed E-state index contributed by atoms with van der Waals surface area (Å²) in [4.78, 5) is 15.4. The van der Waals surface area contributed by atoms with Gasteiger partial charge in [-0.3, -0.25) is 0 Å². The van der Waals surface area contributed by atoms with E-state index in [-0.39, 0.29) is 0 Å². The number of benzene rings is 8. The fraction of sp³-hybridized carbons (Fsp3) is 0. The van der Waals surface area contributed by atoms with Gasteiger partial charge < -0.3 is 8.83 Å². The normalized spacial score (nSPS) is 11.8. The van der Waals surface area contributed by atoms with Crippen molar-refractivity contribution < 1.29 is 8.83 Å². The molecule has 0 aliphatic rings. The molecule has 0 saturated heterocycles. The van der Waals surface area contributed by atoms with Crippen LogP contribution in [-0.4, -0.2) is 15.0 Å². The third kappa shape index (κ3) is 4.60. The predicted molar refractivity (Wildman–Crippen MR) is 211 cm³/mol. The van der Waals surface area contributed by atoms with E-state index in [0.29, 0.717) is 17.5 Å². The Bertz CT molecular complexity index is 3110. The van der Waals surface area contributed by atoms with Crippen LogP contribution in [0.15, 0.2) is 173 Å². The highest BCUT2D eigenvalue weighted by molar-refractivity contribution is 6.13. The van der Waals surface area contributed by atoms with E-state index in [1.54, 1.807) is 0 Å². The smallest absolute Gasteiger partial charge is 0.164 e. The van der Waals surface area contributed by atoms with Gasteiger partial charge in [-0.25, -0.2) is 15.0 Å². The van der Waals surface area contributed by atoms with Crippen molar-refractivity contribution in [1.82, 2.24) is 15.0 Å². The summed E-state index contributed by atoms with van der Waals surface area (Å²) in [6.45, 7) is 0. The van der Waals surface area contributed by atoms with Crippen LogP contribution < -0.4 is 0 Å². The zero-order valence-electron chi connectivity index (χ0n) is 27.7. The minimum absolute atomic E-state index is 0.592. The molecule has 0 spiro atoms. The molecule has 0 bridgehead atoms. The van der Waals surface area contributed by atoms with E-state index in [1.165, 1.54) is 10.8 Å². The van der Waals surface area contributed by atoms with Crippen molar-refractivity contribution in [2.75, 3.05) is 0 Å². The van der Waals surface area contributed by atoms with Gasteiger partial charge in [-0.05, 0) is 81.2 Å². The molecule has 0 atom stereocenters. The van der Waals surface area contributed by atoms with Crippen molar-refractivity contribution in [2.45, 2.75) is 0 Å². The summed E-state index contributed by atoms with van der Waals surface area (Å²) >= 11 is 0. The summed E-state index contributed by atoms with van der Waals surface area (Å²) in [5.41, 5.74) is 8.18. The minimum Gasteiger partial charge on any atom is -0.456 e. The SMILES string of the molecule is c1ccc2cc(-c3nc(-c4ccc5ccccc5c4)nc(-c4cccc5oc6cc(-c7ccc8c(c7)oc7ccccc78)ccc6c45)n3)ccc2c1. The van der Waals surface area contributed by atoms with Crippen molar-refractivity contribution in [3.05, 3.63) is 164 Å². The average molecular weight is 666 g/mol. The lowest BCUT2D eigenvalue weighted by Crippen LogP contribution is -2.00. The Kier molecular flexibility index (Phi) is 6.18. The van der Waals surface area contributed by atoms with Crippen LogP contribution in [0.3, 0.4) is 0 Å². The van der Waals surface area contributed by atoms with Gasteiger partial charge in [0.25, 0.3) is 0 Å². The van der Waals surface area contributed by atoms with Crippen LogP contribution in [0.1, 0.15) is 0 Å². The summed E-state index contributed by atoms with van der Waals surface area (Å²) in [5.74, 6) is 1.83. The molecule has 0 unspecified atom stereocenters. The summed E-state index contributed by atoms with van der Waals surface area (Å²) in [5, 5.41) is 8.80. The van der Waals surface area contributed by atoms with Crippen molar-refractivity contribution in [3.63, 3.8) is 0 Å². The van der Waals surface area contributed by atoms with Gasteiger partial charge in [-0.1, -0.05) is 115 Å². The quantitative estimate of drug-likeness (QED) is 0.187. The van der Waals surface area contributed by atoms with E-state index in [9.17, 15) is 0 Å². The number of aromatic nitrogens is 3. The fourth-order valence-electron chi connectivity index (χ4n) is 7.51. The first-order valence-electron chi connectivity index (χ1n) is 17.3. The van der Waals surface area contributed by atoms with Gasteiger partial charge in [0.05, 0.1) is 0 Å². The first-order valence-corrected chi connectivity index (χ1v) is 17.3. The van der Waals surface area contributed by atoms with Crippen LogP contribution in [0.25, 0.3) is 111 Å². The first-order chi connectivity index (χ1) is 25.7. The number of hydrogen-bond donors (Lipinski definition) is 0. The number of furan rings is 2. The second-order valence-corrected chi connectivity index (χ2v) is 13.2. The second-order valence-electron chi connectivity index (χ2n) is 13.2. The molecule has 3 aromatic heterocycles. The average Bonchev–Trinajstić information content (AvgIpc) is 3.78. The zero-order valence-corrected chi connectivity index (χ0v) is 27.7. The molecule has 0 aliphatic heterocycles. The molecule has 11 aromatic rings. The van der Waals surface area contributed by atoms with E-state index in [4.69, 9.17) is 23.8 Å². The maximum absolute atomic E-state index is 6.54. The molecule has 242 valence electrons. The second kappa shape index (κ2) is 11.2. The number of fused-ring (bicyclic) bond motifs is 8. The summed E-state index contributed by atoms with van der Waals surface area (Å²) in [7, 11) is 0. The lowest BCUT2D eigenvalue weighted by Gasteiger charge is -2.10. The molecule has 5 heteroatoms. The molecule has 0 aliphatic carbocycles. The minimum atomic E-state index is 0.592. The van der Waals surface area contributed by atoms with E-state index < -0.39 is 0 Å². The largest absolute Gasteiger partial charge is 0.456 e. The van der Waals surface area contributed by atoms with Gasteiger partial charge in [0.15, 0.2) is 17.5 Å². The Balaban J connectivity index is 1.08. The van der Waals surface area contributed by atoms with Crippen molar-refractivity contribution in [2.24, 2.45) is 0 Å². The molecule has 5 nitrogen and oxygen atoms in total. The summed E-state index contributed by atoms with van der Waals surface area (Å²) in [6.07, 6.45) is 0. The van der Waals surface area contributed by atoms with Gasteiger partial charge >= 0.3 is 0 Å². The standard InChI is InChI=1S/C47H27N3O2/c1-3-10-30-24-34(18-16-28(30)8-1)45-48-46(35-19-17-29-9-2-4-11-31(29)25-35)50-47(49-45)39-13-7-15-41-44(39)38-23-21-33(27-43(38)52-41)32-20-22-37-36-12-5-6-14-40(36)51-42(37)26-32/h1-27H. The van der Waals surface area contributed by atoms with Crippen LogP contribution >= 0.6 is 0 Å². The lowest BCUT2D eigenvalue weighted by molar-refractivity contribution is 0.668. The Morgan fingerprint density at radius 3 is 1.50 bits per heavy atom. The van der Waals surface area contributed by atoms with Gasteiger partial charge in [0.1, 0.15) is 22.3 Å². The molecule has 0 saturated carbocycles. The third-order valence-electron chi connectivity index (χ3n) is 10.1. The van der Waals surface area contributed by atoms with Gasteiger partial charge in [-0.2, -0.15) is 0 Å². The van der Waals surface area contributed by atoms with Crippen molar-refractivity contribution in [3.8, 4) is 45.3 Å². The molecule has 8 aromatic carbocycles. The fourth-order valence-corrected chi connectivity index (χ4v) is 7.51. The lowest BCUT2D eigenvalue weighted by atomic mass is 10.0. The van der Waals surface area contributed by atoms with E-state index in [2.05, 4.69) is 133 Å². The first kappa shape index (κ1) is 28.7. The van der Waals surface area contributed by atoms with Crippen LogP contribution in [0.2, 0.25) is 0 Å². The Hall–Kier alpha value is -7.11. The Labute approximate surface area is 297 Å². The Morgan fingerprint density at radius 1 is 0.308 bits per heavy atom. The van der Waals surface area contributed by atoms with Gasteiger partial charge in [0.2, 0.25) is 0 Å². The molecular formula is C47H27N3O2. The third-order valence-corrected chi connectivity index (χ3v) is 10.1. The molecule has 0 radical (unpaired) electrons. The molecule has 3 heterocycles. The van der Waals surface area contributed by atoms with Crippen LogP contribution in [0.4, 0.5) is 0 Å². The molecule has 0 amide bonds. The summed E-state index contributed by atoms with van der Waals surface area (Å²) < 4.78 is 12.7. The van der Waals surface area contributed by atoms with Gasteiger partial charge in [0, 0.05) is 38.2 Å². The van der Waals surface area contributed by atoms with Gasteiger partial charge in [-0.15, -0.1) is 0 Å². The topological polar surface area (TPSA) is 65.0 Å². The highest BCUT2D eigenvalue weighted by atomic mass is 16.3. The molecule has 11 rings (SSSR count). The van der Waals surface area contributed by atoms with E-state index in [0.717, 1.165) is 82.5 Å². The van der Waals surface area contributed by atoms with Crippen molar-refractivity contribution >= 4 is 65.4 Å². The van der Waals surface area contributed by atoms with E-state index >= 15 is 0 Å². The van der Waals surface area contributed by atoms with Crippen molar-refractivity contribution in [1.29, 1.82) is 0 Å². The van der Waals surface area contributed by atoms with E-state index in [1.807, 2.05) is 30.3 Å². The highest BCUT2D eigenvalue weighted by Crippen LogP contribution is 2.39. The summed E-state index contributed by atoms with van der Waals surface area (Å²) in [6, 6.07) is 56.4. The van der Waals surface area contributed by atoms with Crippen LogP contribution in [-0.2, 0) is 0 Å². The molecule has 0 fully saturated rings. The predicted octanol–water partition coefficient (Wildman–Crippen LogP) is 12.6. The number of hydrogen-bond acceptors (Lipinski definition) is 5. The van der Waals surface area contributed by atoms with Crippen LogP contribution in [0.5, 0.6) is 0 Å². The maximum atomic E-state index is 6.54. The van der Waals surface area contributed by atoms with Crippen LogP contribution in [0, 0.1) is 0 Å². The Morgan fingerprint density at radius 2 is 0.808 bits per heavy atom. The monoisotopic (exact) mass is 665 g/mol. The number of rotatable bonds is 4. The molecule has 52 heavy (non-hydrogen) atoms. The zero-order chi connectivity index (χ0) is 34.2.